The first-order valence-corrected chi connectivity index (χ1v) is 9.52. The minimum Gasteiger partial charge on any atom is -0.311 e. The number of hydrogen-bond donors (Lipinski definition) is 0. The third kappa shape index (κ3) is 3.63. The molecule has 0 atom stereocenters. The van der Waals surface area contributed by atoms with E-state index in [0.29, 0.717) is 6.54 Å². The van der Waals surface area contributed by atoms with Crippen molar-refractivity contribution < 1.29 is 13.2 Å². The molecule has 1 aliphatic heterocycles. The summed E-state index contributed by atoms with van der Waals surface area (Å²) >= 11 is 0. The Hall–Kier alpha value is -2.25. The molecule has 0 bridgehead atoms. The molecule has 2 aromatic rings. The Bertz CT molecular complexity index is 837. The molecule has 3 rings (SSSR count). The van der Waals surface area contributed by atoms with Crippen LogP contribution in [0, 0.1) is 0 Å². The smallest absolute Gasteiger partial charge is 0.242 e. The third-order valence-electron chi connectivity index (χ3n) is 4.08. The first-order valence-electron chi connectivity index (χ1n) is 7.67. The highest BCUT2D eigenvalue weighted by Gasteiger charge is 2.28. The second-order valence-corrected chi connectivity index (χ2v) is 7.79. The van der Waals surface area contributed by atoms with Crippen molar-refractivity contribution >= 4 is 21.6 Å². The van der Waals surface area contributed by atoms with Gasteiger partial charge in [0.15, 0.2) is 0 Å². The standard InChI is InChI=1S/C17H19N3O3S/c1-24(22,23)19(12-14-6-9-18-10-7-14)13-17(21)20-11-8-15-4-2-3-5-16(15)20/h2-7,9-10H,8,11-13H2,1H3. The average molecular weight is 345 g/mol. The predicted molar refractivity (Wildman–Crippen MR) is 92.0 cm³/mol. The van der Waals surface area contributed by atoms with Gasteiger partial charge >= 0.3 is 0 Å². The number of nitrogens with zero attached hydrogens (tertiary/aromatic N) is 3. The maximum atomic E-state index is 12.7. The summed E-state index contributed by atoms with van der Waals surface area (Å²) in [6.45, 7) is 0.573. The van der Waals surface area contributed by atoms with E-state index < -0.39 is 10.0 Å². The maximum absolute atomic E-state index is 12.7. The van der Waals surface area contributed by atoms with Crippen molar-refractivity contribution in [1.29, 1.82) is 0 Å². The molecule has 6 nitrogen and oxygen atoms in total. The van der Waals surface area contributed by atoms with Crippen molar-refractivity contribution in [2.75, 3.05) is 24.2 Å². The zero-order valence-electron chi connectivity index (χ0n) is 13.4. The minimum atomic E-state index is -3.50. The molecule has 1 amide bonds. The van der Waals surface area contributed by atoms with Gasteiger partial charge in [0.2, 0.25) is 15.9 Å². The summed E-state index contributed by atoms with van der Waals surface area (Å²) in [4.78, 5) is 18.3. The van der Waals surface area contributed by atoms with Crippen LogP contribution in [0.2, 0.25) is 0 Å². The molecule has 0 aliphatic carbocycles. The number of sulfonamides is 1. The Morgan fingerprint density at radius 1 is 1.21 bits per heavy atom. The summed E-state index contributed by atoms with van der Waals surface area (Å²) in [6, 6.07) is 11.2. The van der Waals surface area contributed by atoms with E-state index in [1.54, 1.807) is 29.4 Å². The topological polar surface area (TPSA) is 70.6 Å². The monoisotopic (exact) mass is 345 g/mol. The number of benzene rings is 1. The van der Waals surface area contributed by atoms with Crippen molar-refractivity contribution in [2.45, 2.75) is 13.0 Å². The molecule has 0 fully saturated rings. The van der Waals surface area contributed by atoms with E-state index in [1.807, 2.05) is 24.3 Å². The molecule has 0 spiro atoms. The Morgan fingerprint density at radius 3 is 2.62 bits per heavy atom. The number of fused-ring (bicyclic) bond motifs is 1. The van der Waals surface area contributed by atoms with Crippen LogP contribution in [0.25, 0.3) is 0 Å². The largest absolute Gasteiger partial charge is 0.311 e. The van der Waals surface area contributed by atoms with Crippen molar-refractivity contribution in [3.8, 4) is 0 Å². The molecule has 2 heterocycles. The van der Waals surface area contributed by atoms with Crippen LogP contribution in [0.4, 0.5) is 5.69 Å². The summed E-state index contributed by atoms with van der Waals surface area (Å²) in [6.07, 6.45) is 5.13. The number of anilines is 1. The second kappa shape index (κ2) is 6.70. The summed E-state index contributed by atoms with van der Waals surface area (Å²) in [5.41, 5.74) is 2.79. The summed E-state index contributed by atoms with van der Waals surface area (Å²) in [5, 5.41) is 0. The fourth-order valence-electron chi connectivity index (χ4n) is 2.82. The van der Waals surface area contributed by atoms with E-state index in [1.165, 1.54) is 4.31 Å². The number of para-hydroxylation sites is 1. The van der Waals surface area contributed by atoms with Crippen LogP contribution >= 0.6 is 0 Å². The molecule has 1 aromatic carbocycles. The van der Waals surface area contributed by atoms with Crippen molar-refractivity contribution in [1.82, 2.24) is 9.29 Å². The number of carbonyl (C=O) groups is 1. The average Bonchev–Trinajstić information content (AvgIpc) is 2.98. The van der Waals surface area contributed by atoms with E-state index in [0.717, 1.165) is 29.5 Å². The molecule has 126 valence electrons. The number of amides is 1. The van der Waals surface area contributed by atoms with Crippen LogP contribution < -0.4 is 4.90 Å². The highest BCUT2D eigenvalue weighted by molar-refractivity contribution is 7.88. The molecule has 0 radical (unpaired) electrons. The second-order valence-electron chi connectivity index (χ2n) is 5.81. The van der Waals surface area contributed by atoms with Crippen LogP contribution in [0.5, 0.6) is 0 Å². The van der Waals surface area contributed by atoms with Gasteiger partial charge < -0.3 is 4.90 Å². The van der Waals surface area contributed by atoms with Gasteiger partial charge in [-0.25, -0.2) is 8.42 Å². The van der Waals surface area contributed by atoms with Crippen molar-refractivity contribution in [3.63, 3.8) is 0 Å². The minimum absolute atomic E-state index is 0.155. The normalized spacial score (nSPS) is 14.0. The van der Waals surface area contributed by atoms with Crippen LogP contribution in [0.1, 0.15) is 11.1 Å². The molecule has 24 heavy (non-hydrogen) atoms. The molecule has 7 heteroatoms. The molecular weight excluding hydrogens is 326 g/mol. The number of carbonyl (C=O) groups excluding carboxylic acids is 1. The molecule has 1 aromatic heterocycles. The Kier molecular flexibility index (Phi) is 4.64. The van der Waals surface area contributed by atoms with Gasteiger partial charge in [0, 0.05) is 31.2 Å². The molecule has 0 saturated heterocycles. The Labute approximate surface area is 141 Å². The highest BCUT2D eigenvalue weighted by atomic mass is 32.2. The zero-order valence-corrected chi connectivity index (χ0v) is 14.2. The highest BCUT2D eigenvalue weighted by Crippen LogP contribution is 2.27. The van der Waals surface area contributed by atoms with E-state index in [4.69, 9.17) is 0 Å². The summed E-state index contributed by atoms with van der Waals surface area (Å²) in [7, 11) is -3.50. The van der Waals surface area contributed by atoms with Gasteiger partial charge in [-0.2, -0.15) is 4.31 Å². The van der Waals surface area contributed by atoms with Crippen LogP contribution in [0.3, 0.4) is 0 Å². The number of pyridine rings is 1. The molecule has 0 saturated carbocycles. The SMILES string of the molecule is CS(=O)(=O)N(CC(=O)N1CCc2ccccc21)Cc1ccncc1. The molecule has 0 N–H and O–H groups in total. The Morgan fingerprint density at radius 2 is 1.92 bits per heavy atom. The van der Waals surface area contributed by atoms with Gasteiger partial charge in [0.25, 0.3) is 0 Å². The van der Waals surface area contributed by atoms with Crippen molar-refractivity contribution in [3.05, 3.63) is 59.9 Å². The van der Waals surface area contributed by atoms with E-state index in [9.17, 15) is 13.2 Å². The molecule has 1 aliphatic rings. The number of rotatable bonds is 5. The first-order chi connectivity index (χ1) is 11.4. The first kappa shape index (κ1) is 16.6. The van der Waals surface area contributed by atoms with Crippen LogP contribution in [-0.2, 0) is 27.8 Å². The van der Waals surface area contributed by atoms with Gasteiger partial charge in [-0.1, -0.05) is 18.2 Å². The lowest BCUT2D eigenvalue weighted by Gasteiger charge is -2.23. The van der Waals surface area contributed by atoms with Crippen LogP contribution in [0.15, 0.2) is 48.8 Å². The predicted octanol–water partition coefficient (Wildman–Crippen LogP) is 1.43. The fraction of sp³-hybridized carbons (Fsp3) is 0.294. The quantitative estimate of drug-likeness (QED) is 0.822. The number of aromatic nitrogens is 1. The zero-order chi connectivity index (χ0) is 17.2. The third-order valence-corrected chi connectivity index (χ3v) is 5.27. The van der Waals surface area contributed by atoms with Gasteiger partial charge in [-0.15, -0.1) is 0 Å². The maximum Gasteiger partial charge on any atom is 0.242 e. The summed E-state index contributed by atoms with van der Waals surface area (Å²) < 4.78 is 25.3. The van der Waals surface area contributed by atoms with Gasteiger partial charge in [-0.05, 0) is 35.7 Å². The van der Waals surface area contributed by atoms with Gasteiger partial charge in [0.1, 0.15) is 0 Å². The van der Waals surface area contributed by atoms with E-state index in [2.05, 4.69) is 4.98 Å². The molecular formula is C17H19N3O3S. The van der Waals surface area contributed by atoms with E-state index in [-0.39, 0.29) is 19.0 Å². The van der Waals surface area contributed by atoms with Gasteiger partial charge in [-0.3, -0.25) is 9.78 Å². The Balaban J connectivity index is 1.77. The lowest BCUT2D eigenvalue weighted by Crippen LogP contribution is -2.41. The van der Waals surface area contributed by atoms with E-state index >= 15 is 0 Å². The van der Waals surface area contributed by atoms with Crippen LogP contribution in [-0.4, -0.2) is 43.0 Å². The fourth-order valence-corrected chi connectivity index (χ4v) is 3.54. The summed E-state index contributed by atoms with van der Waals surface area (Å²) in [5.74, 6) is -0.209. The lowest BCUT2D eigenvalue weighted by molar-refractivity contribution is -0.118. The van der Waals surface area contributed by atoms with Crippen molar-refractivity contribution in [2.24, 2.45) is 0 Å². The van der Waals surface area contributed by atoms with Gasteiger partial charge in [0.05, 0.1) is 12.8 Å². The number of hydrogen-bond acceptors (Lipinski definition) is 4. The lowest BCUT2D eigenvalue weighted by atomic mass is 10.2. The molecule has 0 unspecified atom stereocenters.